The Kier molecular flexibility index (Phi) is 13.9. The molecule has 0 aromatic heterocycles. The minimum Gasteiger partial charge on any atom is -0.493 e. The average molecular weight is 401 g/mol. The highest BCUT2D eigenvalue weighted by molar-refractivity contribution is 5.43. The van der Waals surface area contributed by atoms with Gasteiger partial charge in [0, 0.05) is 0 Å². The Morgan fingerprint density at radius 1 is 0.759 bits per heavy atom. The van der Waals surface area contributed by atoms with E-state index in [0.717, 1.165) is 30.8 Å². The molecule has 0 spiro atoms. The molecule has 0 fully saturated rings. The lowest BCUT2D eigenvalue weighted by atomic mass is 9.65. The second-order valence-corrected chi connectivity index (χ2v) is 7.05. The molecule has 0 amide bonds. The molecule has 2 rings (SSSR count). The third-order valence-electron chi connectivity index (χ3n) is 5.77. The molecule has 0 aliphatic heterocycles. The highest BCUT2D eigenvalue weighted by atomic mass is 16.5. The van der Waals surface area contributed by atoms with E-state index in [1.165, 1.54) is 17.5 Å². The first-order chi connectivity index (χ1) is 14.1. The third kappa shape index (κ3) is 7.76. The summed E-state index contributed by atoms with van der Waals surface area (Å²) < 4.78 is 10.9. The molecular formula is C27H44O2. The Hall–Kier alpha value is -1.96. The van der Waals surface area contributed by atoms with Crippen LogP contribution in [0.3, 0.4) is 0 Å². The molecule has 0 aliphatic rings. The van der Waals surface area contributed by atoms with Crippen molar-refractivity contribution < 1.29 is 9.47 Å². The molecule has 0 heterocycles. The summed E-state index contributed by atoms with van der Waals surface area (Å²) in [4.78, 5) is 0. The van der Waals surface area contributed by atoms with Crippen molar-refractivity contribution in [3.63, 3.8) is 0 Å². The lowest BCUT2D eigenvalue weighted by Gasteiger charge is -2.39. The summed E-state index contributed by atoms with van der Waals surface area (Å²) >= 11 is 0. The van der Waals surface area contributed by atoms with E-state index in [-0.39, 0.29) is 5.41 Å². The Morgan fingerprint density at radius 3 is 1.79 bits per heavy atom. The van der Waals surface area contributed by atoms with Crippen LogP contribution in [0.1, 0.15) is 72.4 Å². The van der Waals surface area contributed by atoms with Crippen LogP contribution in [0.4, 0.5) is 0 Å². The first kappa shape index (κ1) is 27.0. The fraction of sp³-hybridized carbons (Fsp3) is 0.556. The van der Waals surface area contributed by atoms with Crippen molar-refractivity contribution in [3.8, 4) is 11.5 Å². The number of benzene rings is 2. The summed E-state index contributed by atoms with van der Waals surface area (Å²) in [5.74, 6) is 2.25. The van der Waals surface area contributed by atoms with Gasteiger partial charge in [0.1, 0.15) is 0 Å². The van der Waals surface area contributed by atoms with Crippen LogP contribution in [0.2, 0.25) is 0 Å². The summed E-state index contributed by atoms with van der Waals surface area (Å²) in [7, 11) is 3.38. The Balaban J connectivity index is 0.00000184. The molecule has 2 unspecified atom stereocenters. The molecule has 2 atom stereocenters. The van der Waals surface area contributed by atoms with Gasteiger partial charge in [-0.1, -0.05) is 91.3 Å². The Labute approximate surface area is 180 Å². The molecule has 2 aromatic carbocycles. The summed E-state index contributed by atoms with van der Waals surface area (Å²) in [6.07, 6.45) is 4.50. The van der Waals surface area contributed by atoms with E-state index in [1.54, 1.807) is 14.2 Å². The van der Waals surface area contributed by atoms with Crippen LogP contribution >= 0.6 is 0 Å². The van der Waals surface area contributed by atoms with E-state index >= 15 is 0 Å². The summed E-state index contributed by atoms with van der Waals surface area (Å²) in [6, 6.07) is 17.2. The third-order valence-corrected chi connectivity index (χ3v) is 5.77. The lowest BCUT2D eigenvalue weighted by Crippen LogP contribution is -2.33. The summed E-state index contributed by atoms with van der Waals surface area (Å²) in [5.41, 5.74) is 2.98. The Morgan fingerprint density at radius 2 is 1.31 bits per heavy atom. The van der Waals surface area contributed by atoms with Crippen molar-refractivity contribution in [2.45, 2.75) is 74.1 Å². The van der Waals surface area contributed by atoms with Gasteiger partial charge in [0.2, 0.25) is 0 Å². The maximum atomic E-state index is 5.51. The van der Waals surface area contributed by atoms with Crippen LogP contribution in [0.5, 0.6) is 11.5 Å². The summed E-state index contributed by atoms with van der Waals surface area (Å²) in [5, 5.41) is 0. The van der Waals surface area contributed by atoms with Crippen LogP contribution in [0.15, 0.2) is 48.5 Å². The molecule has 0 aliphatic carbocycles. The molecule has 2 aromatic rings. The lowest BCUT2D eigenvalue weighted by molar-refractivity contribution is 0.157. The van der Waals surface area contributed by atoms with Gasteiger partial charge in [0.15, 0.2) is 11.5 Å². The maximum Gasteiger partial charge on any atom is 0.160 e. The molecule has 0 bridgehead atoms. The fourth-order valence-corrected chi connectivity index (χ4v) is 3.84. The molecular weight excluding hydrogens is 356 g/mol. The van der Waals surface area contributed by atoms with Crippen LogP contribution < -0.4 is 9.47 Å². The van der Waals surface area contributed by atoms with E-state index in [4.69, 9.17) is 9.47 Å². The quantitative estimate of drug-likeness (QED) is 0.424. The first-order valence-corrected chi connectivity index (χ1v) is 11.3. The van der Waals surface area contributed by atoms with Crippen molar-refractivity contribution in [2.75, 3.05) is 14.2 Å². The van der Waals surface area contributed by atoms with Crippen molar-refractivity contribution in [3.05, 3.63) is 59.7 Å². The second-order valence-electron chi connectivity index (χ2n) is 7.05. The van der Waals surface area contributed by atoms with Gasteiger partial charge in [-0.25, -0.2) is 0 Å². The zero-order valence-electron chi connectivity index (χ0n) is 20.3. The molecule has 2 heteroatoms. The molecule has 164 valence electrons. The number of hydrogen-bond donors (Lipinski definition) is 0. The van der Waals surface area contributed by atoms with E-state index in [0.29, 0.717) is 5.92 Å². The van der Waals surface area contributed by atoms with Crippen LogP contribution in [-0.4, -0.2) is 14.2 Å². The maximum absolute atomic E-state index is 5.51. The highest BCUT2D eigenvalue weighted by Gasteiger charge is 2.34. The van der Waals surface area contributed by atoms with E-state index in [1.807, 2.05) is 33.8 Å². The first-order valence-electron chi connectivity index (χ1n) is 11.3. The molecule has 0 N–H and O–H groups in total. The zero-order chi connectivity index (χ0) is 22.3. The normalized spacial score (nSPS) is 13.0. The number of ether oxygens (including phenoxy) is 2. The molecule has 0 radical (unpaired) electrons. The van der Waals surface area contributed by atoms with Crippen molar-refractivity contribution in [1.29, 1.82) is 0 Å². The molecule has 2 nitrogen and oxygen atoms in total. The van der Waals surface area contributed by atoms with Crippen molar-refractivity contribution >= 4 is 0 Å². The zero-order valence-corrected chi connectivity index (χ0v) is 20.3. The van der Waals surface area contributed by atoms with Gasteiger partial charge >= 0.3 is 0 Å². The van der Waals surface area contributed by atoms with Crippen molar-refractivity contribution in [1.82, 2.24) is 0 Å². The van der Waals surface area contributed by atoms with E-state index in [2.05, 4.69) is 63.2 Å². The number of hydrogen-bond acceptors (Lipinski definition) is 2. The predicted molar refractivity (Wildman–Crippen MR) is 128 cm³/mol. The van der Waals surface area contributed by atoms with Gasteiger partial charge in [-0.2, -0.15) is 0 Å². The molecule has 0 saturated carbocycles. The predicted octanol–water partition coefficient (Wildman–Crippen LogP) is 7.98. The highest BCUT2D eigenvalue weighted by Crippen LogP contribution is 2.41. The van der Waals surface area contributed by atoms with Gasteiger partial charge in [0.25, 0.3) is 0 Å². The SMILES string of the molecule is CC.CC.CCC(C)C(CC)(Cc1ccccc1)Cc1ccc(OC)c(OC)c1. The van der Waals surface area contributed by atoms with Crippen molar-refractivity contribution in [2.24, 2.45) is 11.3 Å². The van der Waals surface area contributed by atoms with Gasteiger partial charge in [-0.15, -0.1) is 0 Å². The van der Waals surface area contributed by atoms with Gasteiger partial charge in [0.05, 0.1) is 14.2 Å². The minimum absolute atomic E-state index is 0.246. The van der Waals surface area contributed by atoms with Crippen LogP contribution in [0, 0.1) is 11.3 Å². The monoisotopic (exact) mass is 400 g/mol. The van der Waals surface area contributed by atoms with E-state index in [9.17, 15) is 0 Å². The van der Waals surface area contributed by atoms with Gasteiger partial charge < -0.3 is 9.47 Å². The Bertz CT molecular complexity index is 651. The average Bonchev–Trinajstić information content (AvgIpc) is 2.81. The van der Waals surface area contributed by atoms with Crippen LogP contribution in [0.25, 0.3) is 0 Å². The summed E-state index contributed by atoms with van der Waals surface area (Å²) in [6.45, 7) is 15.0. The number of methoxy groups -OCH3 is 2. The smallest absolute Gasteiger partial charge is 0.160 e. The van der Waals surface area contributed by atoms with Gasteiger partial charge in [-0.05, 0) is 53.9 Å². The van der Waals surface area contributed by atoms with Crippen LogP contribution in [-0.2, 0) is 12.8 Å². The number of rotatable bonds is 9. The second kappa shape index (κ2) is 15.0. The minimum atomic E-state index is 0.246. The van der Waals surface area contributed by atoms with E-state index < -0.39 is 0 Å². The van der Waals surface area contributed by atoms with Gasteiger partial charge in [-0.3, -0.25) is 0 Å². The molecule has 29 heavy (non-hydrogen) atoms. The largest absolute Gasteiger partial charge is 0.493 e. The molecule has 0 saturated heterocycles. The standard InChI is InChI=1S/C23H32O2.2C2H6/c1-6-18(3)23(7-2,16-19-11-9-8-10-12-19)17-20-13-14-21(24-4)22(15-20)25-5;2*1-2/h8-15,18H,6-7,16-17H2,1-5H3;2*1-2H3. The fourth-order valence-electron chi connectivity index (χ4n) is 3.84. The topological polar surface area (TPSA) is 18.5 Å².